The van der Waals surface area contributed by atoms with Crippen molar-refractivity contribution in [2.75, 3.05) is 4.90 Å². The van der Waals surface area contributed by atoms with Gasteiger partial charge >= 0.3 is 0 Å². The molecule has 2 aromatic rings. The van der Waals surface area contributed by atoms with E-state index < -0.39 is 0 Å². The molecule has 0 N–H and O–H groups in total. The molecule has 0 amide bonds. The van der Waals surface area contributed by atoms with Crippen molar-refractivity contribution in [2.45, 2.75) is 39.8 Å². The van der Waals surface area contributed by atoms with Gasteiger partial charge in [-0.2, -0.15) is 0 Å². The molecule has 1 heterocycles. The van der Waals surface area contributed by atoms with Crippen molar-refractivity contribution >= 4 is 17.4 Å². The lowest BCUT2D eigenvalue weighted by Gasteiger charge is -2.28. The van der Waals surface area contributed by atoms with Crippen LogP contribution in [0, 0.1) is 0 Å². The van der Waals surface area contributed by atoms with Gasteiger partial charge in [-0.25, -0.2) is 9.97 Å². The van der Waals surface area contributed by atoms with Crippen LogP contribution >= 0.6 is 11.6 Å². The summed E-state index contributed by atoms with van der Waals surface area (Å²) in [5, 5.41) is 0.505. The van der Waals surface area contributed by atoms with Crippen LogP contribution in [-0.4, -0.2) is 16.0 Å². The predicted octanol–water partition coefficient (Wildman–Crippen LogP) is 4.11. The molecule has 0 aliphatic heterocycles. The first-order valence-electron chi connectivity index (χ1n) is 6.94. The molecular formula is C16H20ClN3. The second kappa shape index (κ2) is 6.71. The second-order valence-electron chi connectivity index (χ2n) is 5.03. The monoisotopic (exact) mass is 289 g/mol. The molecule has 4 heteroatoms. The fourth-order valence-electron chi connectivity index (χ4n) is 2.07. The van der Waals surface area contributed by atoms with Gasteiger partial charge < -0.3 is 4.90 Å². The Kier molecular flexibility index (Phi) is 4.96. The van der Waals surface area contributed by atoms with E-state index in [0.29, 0.717) is 11.2 Å². The number of benzene rings is 1. The summed E-state index contributed by atoms with van der Waals surface area (Å²) in [5.74, 6) is 1.67. The van der Waals surface area contributed by atoms with E-state index in [2.05, 4.69) is 53.0 Å². The Balaban J connectivity index is 2.31. The van der Waals surface area contributed by atoms with Gasteiger partial charge in [-0.05, 0) is 19.4 Å². The van der Waals surface area contributed by atoms with E-state index in [4.69, 9.17) is 11.6 Å². The Morgan fingerprint density at radius 1 is 1.15 bits per heavy atom. The van der Waals surface area contributed by atoms with Gasteiger partial charge in [0.2, 0.25) is 0 Å². The zero-order valence-electron chi connectivity index (χ0n) is 12.2. The molecule has 0 aliphatic rings. The molecule has 3 nitrogen and oxygen atoms in total. The Hall–Kier alpha value is -1.61. The molecule has 0 saturated heterocycles. The summed E-state index contributed by atoms with van der Waals surface area (Å²) in [5.41, 5.74) is 1.26. The van der Waals surface area contributed by atoms with Gasteiger partial charge in [0.15, 0.2) is 0 Å². The smallest absolute Gasteiger partial charge is 0.134 e. The molecule has 0 unspecified atom stereocenters. The summed E-state index contributed by atoms with van der Waals surface area (Å²) in [4.78, 5) is 11.1. The average molecular weight is 290 g/mol. The highest BCUT2D eigenvalue weighted by molar-refractivity contribution is 6.29. The highest BCUT2D eigenvalue weighted by Gasteiger charge is 2.14. The maximum absolute atomic E-state index is 6.10. The lowest BCUT2D eigenvalue weighted by atomic mass is 10.2. The normalized spacial score (nSPS) is 10.8. The number of rotatable bonds is 5. The van der Waals surface area contributed by atoms with Gasteiger partial charge in [-0.15, -0.1) is 0 Å². The second-order valence-corrected chi connectivity index (χ2v) is 5.41. The molecule has 0 atom stereocenters. The number of anilines is 1. The maximum Gasteiger partial charge on any atom is 0.134 e. The van der Waals surface area contributed by atoms with Crippen LogP contribution in [0.25, 0.3) is 0 Å². The molecule has 0 aliphatic carbocycles. The standard InChI is InChI=1S/C16H20ClN3/c1-4-15-18-14(17)10-16(19-15)20(12(2)3)11-13-8-6-5-7-9-13/h5-10,12H,4,11H2,1-3H3. The van der Waals surface area contributed by atoms with Crippen LogP contribution in [0.15, 0.2) is 36.4 Å². The highest BCUT2D eigenvalue weighted by Crippen LogP contribution is 2.21. The summed E-state index contributed by atoms with van der Waals surface area (Å²) in [6, 6.07) is 12.6. The summed E-state index contributed by atoms with van der Waals surface area (Å²) in [6.07, 6.45) is 0.783. The Labute approximate surface area is 125 Å². The molecule has 0 fully saturated rings. The summed E-state index contributed by atoms with van der Waals surface area (Å²) in [7, 11) is 0. The van der Waals surface area contributed by atoms with E-state index in [1.807, 2.05) is 19.1 Å². The zero-order chi connectivity index (χ0) is 14.5. The third-order valence-electron chi connectivity index (χ3n) is 3.16. The molecule has 106 valence electrons. The van der Waals surface area contributed by atoms with Crippen molar-refractivity contribution in [1.82, 2.24) is 9.97 Å². The van der Waals surface area contributed by atoms with E-state index in [1.165, 1.54) is 5.56 Å². The quantitative estimate of drug-likeness (QED) is 0.776. The first kappa shape index (κ1) is 14.8. The molecule has 0 saturated carbocycles. The van der Waals surface area contributed by atoms with Crippen molar-refractivity contribution < 1.29 is 0 Å². The predicted molar refractivity (Wildman–Crippen MR) is 84.2 cm³/mol. The van der Waals surface area contributed by atoms with Crippen LogP contribution in [0.4, 0.5) is 5.82 Å². The minimum absolute atomic E-state index is 0.339. The van der Waals surface area contributed by atoms with Crippen LogP contribution < -0.4 is 4.90 Å². The van der Waals surface area contributed by atoms with Crippen LogP contribution in [-0.2, 0) is 13.0 Å². The lowest BCUT2D eigenvalue weighted by molar-refractivity contribution is 0.668. The fraction of sp³-hybridized carbons (Fsp3) is 0.375. The molecule has 1 aromatic carbocycles. The third-order valence-corrected chi connectivity index (χ3v) is 3.35. The number of aromatic nitrogens is 2. The summed E-state index contributed by atoms with van der Waals surface area (Å²) < 4.78 is 0. The van der Waals surface area contributed by atoms with Crippen molar-refractivity contribution in [2.24, 2.45) is 0 Å². The van der Waals surface area contributed by atoms with E-state index in [9.17, 15) is 0 Å². The topological polar surface area (TPSA) is 29.0 Å². The number of hydrogen-bond donors (Lipinski definition) is 0. The van der Waals surface area contributed by atoms with Gasteiger partial charge in [0.1, 0.15) is 16.8 Å². The Morgan fingerprint density at radius 3 is 2.45 bits per heavy atom. The first-order valence-corrected chi connectivity index (χ1v) is 7.32. The van der Waals surface area contributed by atoms with E-state index in [-0.39, 0.29) is 0 Å². The van der Waals surface area contributed by atoms with Crippen LogP contribution in [0.1, 0.15) is 32.2 Å². The van der Waals surface area contributed by atoms with E-state index >= 15 is 0 Å². The van der Waals surface area contributed by atoms with Crippen molar-refractivity contribution in [3.05, 3.63) is 52.9 Å². The zero-order valence-corrected chi connectivity index (χ0v) is 12.9. The fourth-order valence-corrected chi connectivity index (χ4v) is 2.26. The molecular weight excluding hydrogens is 270 g/mol. The minimum atomic E-state index is 0.339. The van der Waals surface area contributed by atoms with Gasteiger partial charge in [-0.3, -0.25) is 0 Å². The number of halogens is 1. The van der Waals surface area contributed by atoms with E-state index in [1.54, 1.807) is 0 Å². The van der Waals surface area contributed by atoms with Crippen molar-refractivity contribution in [3.63, 3.8) is 0 Å². The SMILES string of the molecule is CCc1nc(Cl)cc(N(Cc2ccccc2)C(C)C)n1. The lowest BCUT2D eigenvalue weighted by Crippen LogP contribution is -2.31. The van der Waals surface area contributed by atoms with Crippen molar-refractivity contribution in [1.29, 1.82) is 0 Å². The van der Waals surface area contributed by atoms with E-state index in [0.717, 1.165) is 24.6 Å². The molecule has 0 bridgehead atoms. The molecule has 0 radical (unpaired) electrons. The first-order chi connectivity index (χ1) is 9.60. The van der Waals surface area contributed by atoms with Crippen LogP contribution in [0.2, 0.25) is 5.15 Å². The Bertz CT molecular complexity index is 555. The largest absolute Gasteiger partial charge is 0.350 e. The molecule has 0 spiro atoms. The Morgan fingerprint density at radius 2 is 1.85 bits per heavy atom. The number of aryl methyl sites for hydroxylation is 1. The molecule has 1 aromatic heterocycles. The molecule has 2 rings (SSSR count). The number of hydrogen-bond acceptors (Lipinski definition) is 3. The third kappa shape index (κ3) is 3.70. The minimum Gasteiger partial charge on any atom is -0.350 e. The van der Waals surface area contributed by atoms with Gasteiger partial charge in [-0.1, -0.05) is 48.9 Å². The maximum atomic E-state index is 6.10. The number of nitrogens with zero attached hydrogens (tertiary/aromatic N) is 3. The van der Waals surface area contributed by atoms with Gasteiger partial charge in [0, 0.05) is 25.1 Å². The average Bonchev–Trinajstić information content (AvgIpc) is 2.44. The summed E-state index contributed by atoms with van der Waals surface area (Å²) >= 11 is 6.10. The van der Waals surface area contributed by atoms with Crippen molar-refractivity contribution in [3.8, 4) is 0 Å². The van der Waals surface area contributed by atoms with Gasteiger partial charge in [0.25, 0.3) is 0 Å². The molecule has 20 heavy (non-hydrogen) atoms. The highest BCUT2D eigenvalue weighted by atomic mass is 35.5. The van der Waals surface area contributed by atoms with Crippen LogP contribution in [0.5, 0.6) is 0 Å². The van der Waals surface area contributed by atoms with Gasteiger partial charge in [0.05, 0.1) is 0 Å². The van der Waals surface area contributed by atoms with Crippen LogP contribution in [0.3, 0.4) is 0 Å². The summed E-state index contributed by atoms with van der Waals surface area (Å²) in [6.45, 7) is 7.16.